The standard InChI is InChI=1S/C9H9NO5/c1-14-8(12)4-10-9(13)7-3-2-6(5-11)15-7/h2-3,5H,4H2,1H3,(H,10,13). The van der Waals surface area contributed by atoms with Gasteiger partial charge in [-0.3, -0.25) is 14.4 Å². The molecule has 1 N–H and O–H groups in total. The maximum absolute atomic E-state index is 11.3. The third-order valence-corrected chi connectivity index (χ3v) is 1.59. The normalized spacial score (nSPS) is 9.40. The van der Waals surface area contributed by atoms with E-state index in [2.05, 4.69) is 10.1 Å². The minimum atomic E-state index is -0.575. The molecule has 1 aromatic rings. The average molecular weight is 211 g/mol. The maximum atomic E-state index is 11.3. The molecule has 0 aliphatic carbocycles. The van der Waals surface area contributed by atoms with Crippen LogP contribution in [0.15, 0.2) is 16.5 Å². The zero-order valence-electron chi connectivity index (χ0n) is 7.98. The summed E-state index contributed by atoms with van der Waals surface area (Å²) >= 11 is 0. The summed E-state index contributed by atoms with van der Waals surface area (Å²) in [6, 6.07) is 2.70. The summed E-state index contributed by atoms with van der Waals surface area (Å²) in [4.78, 5) is 32.2. The average Bonchev–Trinajstić information content (AvgIpc) is 2.73. The summed E-state index contributed by atoms with van der Waals surface area (Å²) in [6.45, 7) is -0.244. The number of aldehydes is 1. The van der Waals surface area contributed by atoms with Crippen molar-refractivity contribution in [3.8, 4) is 0 Å². The van der Waals surface area contributed by atoms with Crippen LogP contribution in [0.25, 0.3) is 0 Å². The Bertz CT molecular complexity index is 382. The number of furan rings is 1. The Labute approximate surface area is 85.2 Å². The van der Waals surface area contributed by atoms with Crippen LogP contribution in [-0.4, -0.2) is 31.8 Å². The molecule has 0 aromatic carbocycles. The summed E-state index contributed by atoms with van der Waals surface area (Å²) in [5, 5.41) is 2.26. The van der Waals surface area contributed by atoms with Gasteiger partial charge in [-0.15, -0.1) is 0 Å². The van der Waals surface area contributed by atoms with Gasteiger partial charge in [0.2, 0.25) is 0 Å². The van der Waals surface area contributed by atoms with Gasteiger partial charge in [-0.1, -0.05) is 0 Å². The molecule has 1 rings (SSSR count). The molecule has 1 amide bonds. The van der Waals surface area contributed by atoms with Crippen molar-refractivity contribution in [3.05, 3.63) is 23.7 Å². The molecule has 0 atom stereocenters. The van der Waals surface area contributed by atoms with E-state index in [0.717, 1.165) is 0 Å². The van der Waals surface area contributed by atoms with Crippen LogP contribution in [0.2, 0.25) is 0 Å². The Morgan fingerprint density at radius 3 is 2.80 bits per heavy atom. The second-order valence-corrected chi connectivity index (χ2v) is 2.58. The Kier molecular flexibility index (Phi) is 3.61. The lowest BCUT2D eigenvalue weighted by Gasteiger charge is -2.00. The van der Waals surface area contributed by atoms with Crippen molar-refractivity contribution in [1.29, 1.82) is 0 Å². The van der Waals surface area contributed by atoms with Crippen LogP contribution >= 0.6 is 0 Å². The first-order valence-electron chi connectivity index (χ1n) is 4.07. The fourth-order valence-corrected chi connectivity index (χ4v) is 0.850. The van der Waals surface area contributed by atoms with Crippen LogP contribution in [0.4, 0.5) is 0 Å². The number of methoxy groups -OCH3 is 1. The van der Waals surface area contributed by atoms with Crippen LogP contribution in [0.1, 0.15) is 21.1 Å². The van der Waals surface area contributed by atoms with Crippen LogP contribution in [0, 0.1) is 0 Å². The highest BCUT2D eigenvalue weighted by Gasteiger charge is 2.11. The van der Waals surface area contributed by atoms with E-state index in [-0.39, 0.29) is 18.1 Å². The van der Waals surface area contributed by atoms with Crippen LogP contribution in [0.5, 0.6) is 0 Å². The van der Waals surface area contributed by atoms with Crippen molar-refractivity contribution >= 4 is 18.2 Å². The zero-order valence-corrected chi connectivity index (χ0v) is 7.98. The molecule has 0 unspecified atom stereocenters. The van der Waals surface area contributed by atoms with Gasteiger partial charge >= 0.3 is 5.97 Å². The van der Waals surface area contributed by atoms with Gasteiger partial charge in [0.05, 0.1) is 7.11 Å². The number of rotatable bonds is 4. The number of ether oxygens (including phenoxy) is 1. The molecule has 1 aromatic heterocycles. The largest absolute Gasteiger partial charge is 0.468 e. The summed E-state index contributed by atoms with van der Waals surface area (Å²) < 4.78 is 9.15. The molecule has 80 valence electrons. The molecule has 0 radical (unpaired) electrons. The molecule has 0 bridgehead atoms. The first-order valence-corrected chi connectivity index (χ1v) is 4.07. The fraction of sp³-hybridized carbons (Fsp3) is 0.222. The van der Waals surface area contributed by atoms with Gasteiger partial charge in [-0.25, -0.2) is 0 Å². The van der Waals surface area contributed by atoms with Crippen molar-refractivity contribution in [2.45, 2.75) is 0 Å². The number of esters is 1. The SMILES string of the molecule is COC(=O)CNC(=O)c1ccc(C=O)o1. The van der Waals surface area contributed by atoms with Crippen molar-refractivity contribution in [1.82, 2.24) is 5.32 Å². The van der Waals surface area contributed by atoms with E-state index >= 15 is 0 Å². The van der Waals surface area contributed by atoms with Gasteiger partial charge in [0, 0.05) is 0 Å². The maximum Gasteiger partial charge on any atom is 0.325 e. The van der Waals surface area contributed by atoms with E-state index in [1.807, 2.05) is 0 Å². The van der Waals surface area contributed by atoms with E-state index in [4.69, 9.17) is 4.42 Å². The van der Waals surface area contributed by atoms with Gasteiger partial charge in [-0.2, -0.15) is 0 Å². The van der Waals surface area contributed by atoms with E-state index in [1.165, 1.54) is 19.2 Å². The lowest BCUT2D eigenvalue weighted by molar-refractivity contribution is -0.139. The fourth-order valence-electron chi connectivity index (χ4n) is 0.850. The molecule has 0 fully saturated rings. The number of carbonyl (C=O) groups excluding carboxylic acids is 3. The Morgan fingerprint density at radius 1 is 1.53 bits per heavy atom. The van der Waals surface area contributed by atoms with E-state index in [0.29, 0.717) is 6.29 Å². The lowest BCUT2D eigenvalue weighted by atomic mass is 10.4. The highest BCUT2D eigenvalue weighted by atomic mass is 16.5. The quantitative estimate of drug-likeness (QED) is 0.559. The molecule has 0 aliphatic heterocycles. The van der Waals surface area contributed by atoms with Crippen molar-refractivity contribution < 1.29 is 23.5 Å². The van der Waals surface area contributed by atoms with E-state index in [1.54, 1.807) is 0 Å². The third-order valence-electron chi connectivity index (χ3n) is 1.59. The van der Waals surface area contributed by atoms with Crippen molar-refractivity contribution in [2.24, 2.45) is 0 Å². The molecular formula is C9H9NO5. The highest BCUT2D eigenvalue weighted by Crippen LogP contribution is 2.04. The number of hydrogen-bond donors (Lipinski definition) is 1. The molecule has 0 aliphatic rings. The molecule has 15 heavy (non-hydrogen) atoms. The highest BCUT2D eigenvalue weighted by molar-refractivity contribution is 5.94. The monoisotopic (exact) mass is 211 g/mol. The molecule has 0 spiro atoms. The molecule has 6 nitrogen and oxygen atoms in total. The molecule has 1 heterocycles. The van der Waals surface area contributed by atoms with Gasteiger partial charge in [-0.05, 0) is 12.1 Å². The number of amides is 1. The zero-order chi connectivity index (χ0) is 11.3. The van der Waals surface area contributed by atoms with Crippen molar-refractivity contribution in [3.63, 3.8) is 0 Å². The lowest BCUT2D eigenvalue weighted by Crippen LogP contribution is -2.29. The number of carbonyl (C=O) groups is 3. The number of nitrogens with one attached hydrogen (secondary N) is 1. The first kappa shape index (κ1) is 11.0. The minimum absolute atomic E-state index is 0.0268. The summed E-state index contributed by atoms with van der Waals surface area (Å²) in [7, 11) is 1.21. The summed E-state index contributed by atoms with van der Waals surface area (Å²) in [5.41, 5.74) is 0. The number of hydrogen-bond acceptors (Lipinski definition) is 5. The van der Waals surface area contributed by atoms with E-state index < -0.39 is 11.9 Å². The van der Waals surface area contributed by atoms with E-state index in [9.17, 15) is 14.4 Å². The topological polar surface area (TPSA) is 85.6 Å². The van der Waals surface area contributed by atoms with Crippen molar-refractivity contribution in [2.75, 3.05) is 13.7 Å². The Balaban J connectivity index is 2.53. The second kappa shape index (κ2) is 4.94. The van der Waals surface area contributed by atoms with Gasteiger partial charge in [0.25, 0.3) is 5.91 Å². The summed E-state index contributed by atoms with van der Waals surface area (Å²) in [6.07, 6.45) is 0.483. The van der Waals surface area contributed by atoms with Crippen LogP contribution in [-0.2, 0) is 9.53 Å². The third kappa shape index (κ3) is 2.94. The molecule has 0 saturated heterocycles. The molecular weight excluding hydrogens is 202 g/mol. The molecule has 6 heteroatoms. The van der Waals surface area contributed by atoms with Crippen LogP contribution in [0.3, 0.4) is 0 Å². The van der Waals surface area contributed by atoms with Gasteiger partial charge < -0.3 is 14.5 Å². The van der Waals surface area contributed by atoms with Gasteiger partial charge in [0.15, 0.2) is 17.8 Å². The first-order chi connectivity index (χ1) is 7.17. The Morgan fingerprint density at radius 2 is 2.27 bits per heavy atom. The second-order valence-electron chi connectivity index (χ2n) is 2.58. The smallest absolute Gasteiger partial charge is 0.325 e. The predicted molar refractivity (Wildman–Crippen MR) is 48.4 cm³/mol. The predicted octanol–water partition coefficient (Wildman–Crippen LogP) is -0.00510. The minimum Gasteiger partial charge on any atom is -0.468 e. The van der Waals surface area contributed by atoms with Gasteiger partial charge in [0.1, 0.15) is 6.54 Å². The summed E-state index contributed by atoms with van der Waals surface area (Å²) in [5.74, 6) is -1.11. The molecule has 0 saturated carbocycles. The van der Waals surface area contributed by atoms with Crippen LogP contribution < -0.4 is 5.32 Å². The Hall–Kier alpha value is -2.11.